The van der Waals surface area contributed by atoms with E-state index in [2.05, 4.69) is 22.4 Å². The molecule has 2 heterocycles. The van der Waals surface area contributed by atoms with Gasteiger partial charge in [0.15, 0.2) is 5.82 Å². The van der Waals surface area contributed by atoms with Crippen LogP contribution in [-0.4, -0.2) is 33.4 Å². The molecule has 2 aromatic rings. The van der Waals surface area contributed by atoms with Gasteiger partial charge in [-0.1, -0.05) is 17.7 Å². The maximum atomic E-state index is 6.24. The van der Waals surface area contributed by atoms with Crippen molar-refractivity contribution in [3.63, 3.8) is 0 Å². The van der Waals surface area contributed by atoms with Gasteiger partial charge in [0.2, 0.25) is 0 Å². The molecule has 3 rings (SSSR count). The summed E-state index contributed by atoms with van der Waals surface area (Å²) in [7, 11) is 0. The van der Waals surface area contributed by atoms with Gasteiger partial charge in [-0.2, -0.15) is 0 Å². The summed E-state index contributed by atoms with van der Waals surface area (Å²) < 4.78 is 7.23. The number of nitrogen functional groups attached to an aromatic ring is 1. The Labute approximate surface area is 121 Å². The second-order valence-electron chi connectivity index (χ2n) is 5.02. The van der Waals surface area contributed by atoms with Gasteiger partial charge in [-0.05, 0) is 35.9 Å². The first kappa shape index (κ1) is 13.3. The predicted molar refractivity (Wildman–Crippen MR) is 76.3 cm³/mol. The third kappa shape index (κ3) is 2.25. The first-order valence-electron chi connectivity index (χ1n) is 6.58. The third-order valence-electron chi connectivity index (χ3n) is 3.80. The number of benzene rings is 1. The molecule has 0 radical (unpaired) electrons. The highest BCUT2D eigenvalue weighted by atomic mass is 35.5. The molecule has 1 aliphatic rings. The van der Waals surface area contributed by atoms with Crippen LogP contribution in [0.5, 0.6) is 0 Å². The maximum Gasteiger partial charge on any atom is 0.185 e. The van der Waals surface area contributed by atoms with E-state index in [1.807, 2.05) is 6.07 Å². The minimum Gasteiger partial charge on any atom is -0.398 e. The zero-order chi connectivity index (χ0) is 14.1. The van der Waals surface area contributed by atoms with E-state index < -0.39 is 0 Å². The summed E-state index contributed by atoms with van der Waals surface area (Å²) in [5.74, 6) is 1.01. The molecule has 0 saturated carbocycles. The number of halogens is 1. The number of nitrogens with two attached hydrogens (primary N) is 1. The SMILES string of the molecule is CC(C1CCOC1)n1nnnc1-c1c(N)cccc1Cl. The molecule has 0 amide bonds. The van der Waals surface area contributed by atoms with Gasteiger partial charge in [0.1, 0.15) is 0 Å². The van der Waals surface area contributed by atoms with Gasteiger partial charge in [0.25, 0.3) is 0 Å². The standard InChI is InChI=1S/C13H16ClN5O/c1-8(9-5-6-20-7-9)19-13(16-17-18-19)12-10(14)3-2-4-11(12)15/h2-4,8-9H,5-7,15H2,1H3. The molecule has 6 nitrogen and oxygen atoms in total. The second-order valence-corrected chi connectivity index (χ2v) is 5.42. The summed E-state index contributed by atoms with van der Waals surface area (Å²) in [5, 5.41) is 12.5. The summed E-state index contributed by atoms with van der Waals surface area (Å²) >= 11 is 6.24. The average Bonchev–Trinajstić information content (AvgIpc) is 3.09. The second kappa shape index (κ2) is 5.38. The Morgan fingerprint density at radius 3 is 3.05 bits per heavy atom. The highest BCUT2D eigenvalue weighted by molar-refractivity contribution is 6.33. The summed E-state index contributed by atoms with van der Waals surface area (Å²) in [6.07, 6.45) is 1.01. The van der Waals surface area contributed by atoms with Crippen molar-refractivity contribution in [2.75, 3.05) is 18.9 Å². The quantitative estimate of drug-likeness (QED) is 0.878. The molecule has 1 fully saturated rings. The minimum atomic E-state index is 0.137. The van der Waals surface area contributed by atoms with Crippen LogP contribution in [0, 0.1) is 5.92 Å². The lowest BCUT2D eigenvalue weighted by Crippen LogP contribution is -2.19. The molecule has 106 valence electrons. The van der Waals surface area contributed by atoms with Crippen molar-refractivity contribution >= 4 is 17.3 Å². The monoisotopic (exact) mass is 293 g/mol. The van der Waals surface area contributed by atoms with E-state index in [1.165, 1.54) is 0 Å². The number of nitrogens with zero attached hydrogens (tertiary/aromatic N) is 4. The number of tetrazole rings is 1. The predicted octanol–water partition coefficient (Wildman–Crippen LogP) is 2.17. The van der Waals surface area contributed by atoms with Crippen molar-refractivity contribution in [1.82, 2.24) is 20.2 Å². The molecule has 1 aromatic carbocycles. The van der Waals surface area contributed by atoms with E-state index in [1.54, 1.807) is 16.8 Å². The van der Waals surface area contributed by atoms with Crippen molar-refractivity contribution in [2.45, 2.75) is 19.4 Å². The van der Waals surface area contributed by atoms with Crippen molar-refractivity contribution in [3.8, 4) is 11.4 Å². The van der Waals surface area contributed by atoms with Gasteiger partial charge >= 0.3 is 0 Å². The fourth-order valence-corrected chi connectivity index (χ4v) is 2.81. The van der Waals surface area contributed by atoms with Crippen LogP contribution in [0.1, 0.15) is 19.4 Å². The fourth-order valence-electron chi connectivity index (χ4n) is 2.54. The van der Waals surface area contributed by atoms with Crippen molar-refractivity contribution in [2.24, 2.45) is 5.92 Å². The molecular weight excluding hydrogens is 278 g/mol. The molecule has 0 aliphatic carbocycles. The summed E-state index contributed by atoms with van der Waals surface area (Å²) in [4.78, 5) is 0. The molecule has 1 aliphatic heterocycles. The van der Waals surface area contributed by atoms with E-state index in [-0.39, 0.29) is 6.04 Å². The van der Waals surface area contributed by atoms with Gasteiger partial charge in [-0.3, -0.25) is 0 Å². The Morgan fingerprint density at radius 1 is 1.50 bits per heavy atom. The van der Waals surface area contributed by atoms with Crippen LogP contribution in [0.4, 0.5) is 5.69 Å². The number of anilines is 1. The molecule has 20 heavy (non-hydrogen) atoms. The van der Waals surface area contributed by atoms with Gasteiger partial charge in [0.05, 0.1) is 23.2 Å². The number of hydrogen-bond donors (Lipinski definition) is 1. The van der Waals surface area contributed by atoms with Crippen LogP contribution >= 0.6 is 11.6 Å². The first-order chi connectivity index (χ1) is 9.68. The van der Waals surface area contributed by atoms with E-state index in [0.29, 0.717) is 28.0 Å². The lowest BCUT2D eigenvalue weighted by atomic mass is 10.0. The molecule has 2 atom stereocenters. The fraction of sp³-hybridized carbons (Fsp3) is 0.462. The Bertz CT molecular complexity index is 588. The number of ether oxygens (including phenoxy) is 1. The molecular formula is C13H16ClN5O. The van der Waals surface area contributed by atoms with Gasteiger partial charge in [-0.25, -0.2) is 4.68 Å². The molecule has 2 unspecified atom stereocenters. The molecule has 1 aromatic heterocycles. The normalized spacial score (nSPS) is 20.2. The average molecular weight is 294 g/mol. The van der Waals surface area contributed by atoms with E-state index in [9.17, 15) is 0 Å². The maximum absolute atomic E-state index is 6.24. The summed E-state index contributed by atoms with van der Waals surface area (Å²) in [6.45, 7) is 3.62. The third-order valence-corrected chi connectivity index (χ3v) is 4.11. The highest BCUT2D eigenvalue weighted by Crippen LogP contribution is 2.34. The lowest BCUT2D eigenvalue weighted by molar-refractivity contribution is 0.173. The minimum absolute atomic E-state index is 0.137. The van der Waals surface area contributed by atoms with Crippen molar-refractivity contribution in [1.29, 1.82) is 0 Å². The van der Waals surface area contributed by atoms with Crippen LogP contribution < -0.4 is 5.73 Å². The Morgan fingerprint density at radius 2 is 2.35 bits per heavy atom. The van der Waals surface area contributed by atoms with Crippen LogP contribution in [0.15, 0.2) is 18.2 Å². The van der Waals surface area contributed by atoms with E-state index in [4.69, 9.17) is 22.1 Å². The molecule has 7 heteroatoms. The van der Waals surface area contributed by atoms with Gasteiger partial charge in [0, 0.05) is 18.2 Å². The molecule has 0 bridgehead atoms. The molecule has 2 N–H and O–H groups in total. The van der Waals surface area contributed by atoms with Crippen LogP contribution in [-0.2, 0) is 4.74 Å². The summed E-state index contributed by atoms with van der Waals surface area (Å²) in [6, 6.07) is 5.53. The number of aromatic nitrogens is 4. The Kier molecular flexibility index (Phi) is 3.58. The Balaban J connectivity index is 2.01. The lowest BCUT2D eigenvalue weighted by Gasteiger charge is -2.19. The summed E-state index contributed by atoms with van der Waals surface area (Å²) in [5.41, 5.74) is 7.27. The van der Waals surface area contributed by atoms with E-state index in [0.717, 1.165) is 19.6 Å². The number of rotatable bonds is 3. The zero-order valence-electron chi connectivity index (χ0n) is 11.2. The first-order valence-corrected chi connectivity index (χ1v) is 6.96. The Hall–Kier alpha value is -1.66. The van der Waals surface area contributed by atoms with Gasteiger partial charge in [-0.15, -0.1) is 5.10 Å². The van der Waals surface area contributed by atoms with Crippen molar-refractivity contribution < 1.29 is 4.74 Å². The van der Waals surface area contributed by atoms with Gasteiger partial charge < -0.3 is 10.5 Å². The molecule has 1 saturated heterocycles. The van der Waals surface area contributed by atoms with E-state index >= 15 is 0 Å². The zero-order valence-corrected chi connectivity index (χ0v) is 11.9. The molecule has 0 spiro atoms. The number of hydrogen-bond acceptors (Lipinski definition) is 5. The van der Waals surface area contributed by atoms with Crippen molar-refractivity contribution in [3.05, 3.63) is 23.2 Å². The topological polar surface area (TPSA) is 78.8 Å². The largest absolute Gasteiger partial charge is 0.398 e. The van der Waals surface area contributed by atoms with Crippen LogP contribution in [0.3, 0.4) is 0 Å². The van der Waals surface area contributed by atoms with Crippen LogP contribution in [0.25, 0.3) is 11.4 Å². The highest BCUT2D eigenvalue weighted by Gasteiger charge is 2.27. The van der Waals surface area contributed by atoms with Crippen LogP contribution in [0.2, 0.25) is 5.02 Å². The smallest absolute Gasteiger partial charge is 0.185 e.